The minimum absolute atomic E-state index is 0.533. The minimum Gasteiger partial charge on any atom is -0.368 e. The van der Waals surface area contributed by atoms with E-state index in [4.69, 9.17) is 0 Å². The highest BCUT2D eigenvalue weighted by molar-refractivity contribution is 9.10. The van der Waals surface area contributed by atoms with Crippen LogP contribution in [0.3, 0.4) is 0 Å². The number of aromatic nitrogens is 2. The zero-order valence-corrected chi connectivity index (χ0v) is 13.2. The lowest BCUT2D eigenvalue weighted by molar-refractivity contribution is 0.257. The Kier molecular flexibility index (Phi) is 3.76. The van der Waals surface area contributed by atoms with E-state index in [-0.39, 0.29) is 0 Å². The number of nitrogens with zero attached hydrogens (tertiary/aromatic N) is 3. The molecule has 2 aliphatic rings. The first-order valence-electron chi connectivity index (χ1n) is 7.14. The topological polar surface area (TPSA) is 41.1 Å². The molecule has 3 rings (SSSR count). The molecule has 1 N–H and O–H groups in total. The van der Waals surface area contributed by atoms with Crippen molar-refractivity contribution < 1.29 is 0 Å². The van der Waals surface area contributed by atoms with Crippen LogP contribution in [-0.2, 0) is 0 Å². The monoisotopic (exact) mass is 324 g/mol. The molecule has 1 aromatic heterocycles. The summed E-state index contributed by atoms with van der Waals surface area (Å²) in [5, 5.41) is 3.45. The zero-order chi connectivity index (χ0) is 13.4. The smallest absolute Gasteiger partial charge is 0.135 e. The molecule has 1 unspecified atom stereocenters. The quantitative estimate of drug-likeness (QED) is 0.817. The highest BCUT2D eigenvalue weighted by Crippen LogP contribution is 2.38. The molecule has 0 radical (unpaired) electrons. The molecule has 0 aromatic carbocycles. The van der Waals surface area contributed by atoms with Crippen LogP contribution in [0.15, 0.2) is 10.7 Å². The van der Waals surface area contributed by atoms with Crippen LogP contribution in [0.1, 0.15) is 44.3 Å². The van der Waals surface area contributed by atoms with Crippen LogP contribution in [0.5, 0.6) is 0 Å². The standard InChI is InChI=1S/C14H21BrN4/c1-9(19(2)11-5-6-11)8-16-13-7-12(15)17-14(18-13)10-3-4-10/h7,9-11H,3-6,8H2,1-2H3,(H,16,17,18). The lowest BCUT2D eigenvalue weighted by Gasteiger charge is -2.24. The van der Waals surface area contributed by atoms with Crippen LogP contribution in [0.2, 0.25) is 0 Å². The van der Waals surface area contributed by atoms with Gasteiger partial charge in [-0.25, -0.2) is 9.97 Å². The van der Waals surface area contributed by atoms with Crippen LogP contribution in [0.4, 0.5) is 5.82 Å². The van der Waals surface area contributed by atoms with Gasteiger partial charge in [0.25, 0.3) is 0 Å². The Labute approximate surface area is 123 Å². The number of hydrogen-bond donors (Lipinski definition) is 1. The van der Waals surface area contributed by atoms with E-state index in [1.54, 1.807) is 0 Å². The maximum atomic E-state index is 4.62. The Morgan fingerprint density at radius 3 is 2.74 bits per heavy atom. The lowest BCUT2D eigenvalue weighted by Crippen LogP contribution is -2.36. The van der Waals surface area contributed by atoms with E-state index >= 15 is 0 Å². The third-order valence-electron chi connectivity index (χ3n) is 4.05. The van der Waals surface area contributed by atoms with Gasteiger partial charge in [0.2, 0.25) is 0 Å². The number of rotatable bonds is 6. The Morgan fingerprint density at radius 2 is 2.11 bits per heavy atom. The van der Waals surface area contributed by atoms with E-state index in [2.05, 4.69) is 50.1 Å². The normalized spacial score (nSPS) is 20.6. The highest BCUT2D eigenvalue weighted by Gasteiger charge is 2.29. The summed E-state index contributed by atoms with van der Waals surface area (Å²) in [7, 11) is 2.22. The van der Waals surface area contributed by atoms with Gasteiger partial charge in [0, 0.05) is 30.6 Å². The molecule has 0 spiro atoms. The van der Waals surface area contributed by atoms with Crippen LogP contribution in [-0.4, -0.2) is 40.5 Å². The van der Waals surface area contributed by atoms with E-state index in [0.717, 1.165) is 28.8 Å². The van der Waals surface area contributed by atoms with Gasteiger partial charge >= 0.3 is 0 Å². The van der Waals surface area contributed by atoms with Crippen molar-refractivity contribution in [2.24, 2.45) is 0 Å². The molecule has 0 aliphatic heterocycles. The molecule has 0 bridgehead atoms. The van der Waals surface area contributed by atoms with Crippen molar-refractivity contribution in [2.45, 2.75) is 50.6 Å². The summed E-state index contributed by atoms with van der Waals surface area (Å²) in [5.74, 6) is 2.52. The van der Waals surface area contributed by atoms with Crippen LogP contribution in [0.25, 0.3) is 0 Å². The van der Waals surface area contributed by atoms with Crippen molar-refractivity contribution in [3.05, 3.63) is 16.5 Å². The molecule has 0 amide bonds. The van der Waals surface area contributed by atoms with Crippen molar-refractivity contribution in [3.8, 4) is 0 Å². The fourth-order valence-electron chi connectivity index (χ4n) is 2.29. The number of halogens is 1. The summed E-state index contributed by atoms with van der Waals surface area (Å²) in [6, 6.07) is 3.30. The Morgan fingerprint density at radius 1 is 1.37 bits per heavy atom. The van der Waals surface area contributed by atoms with Gasteiger partial charge in [-0.1, -0.05) is 0 Å². The van der Waals surface area contributed by atoms with E-state index in [0.29, 0.717) is 12.0 Å². The summed E-state index contributed by atoms with van der Waals surface area (Å²) in [6.07, 6.45) is 5.17. The molecule has 0 saturated heterocycles. The largest absolute Gasteiger partial charge is 0.368 e. The van der Waals surface area contributed by atoms with Crippen LogP contribution in [0, 0.1) is 0 Å². The predicted molar refractivity (Wildman–Crippen MR) is 80.4 cm³/mol. The fraction of sp³-hybridized carbons (Fsp3) is 0.714. The Bertz CT molecular complexity index is 457. The first kappa shape index (κ1) is 13.3. The van der Waals surface area contributed by atoms with Crippen LogP contribution >= 0.6 is 15.9 Å². The number of likely N-dealkylation sites (N-methyl/N-ethyl adjacent to an activating group) is 1. The van der Waals surface area contributed by atoms with E-state index < -0.39 is 0 Å². The first-order chi connectivity index (χ1) is 9.13. The van der Waals surface area contributed by atoms with Crippen molar-refractivity contribution in [1.29, 1.82) is 0 Å². The molecule has 104 valence electrons. The Hall–Kier alpha value is -0.680. The van der Waals surface area contributed by atoms with Gasteiger partial charge in [-0.3, -0.25) is 4.90 Å². The van der Waals surface area contributed by atoms with Crippen LogP contribution < -0.4 is 5.32 Å². The summed E-state index contributed by atoms with van der Waals surface area (Å²) < 4.78 is 0.884. The average molecular weight is 325 g/mol. The molecule has 4 nitrogen and oxygen atoms in total. The molecule has 2 aliphatic carbocycles. The highest BCUT2D eigenvalue weighted by atomic mass is 79.9. The van der Waals surface area contributed by atoms with Gasteiger partial charge < -0.3 is 5.32 Å². The van der Waals surface area contributed by atoms with Gasteiger partial charge in [0.15, 0.2) is 0 Å². The third-order valence-corrected chi connectivity index (χ3v) is 4.46. The fourth-order valence-corrected chi connectivity index (χ4v) is 2.69. The van der Waals surface area contributed by atoms with E-state index in [9.17, 15) is 0 Å². The summed E-state index contributed by atoms with van der Waals surface area (Å²) in [4.78, 5) is 11.5. The van der Waals surface area contributed by atoms with Crippen molar-refractivity contribution in [3.63, 3.8) is 0 Å². The molecule has 19 heavy (non-hydrogen) atoms. The molecule has 2 fully saturated rings. The SMILES string of the molecule is CC(CNc1cc(Br)nc(C2CC2)n1)N(C)C1CC1. The molecule has 2 saturated carbocycles. The van der Waals surface area contributed by atoms with Gasteiger partial charge in [0.05, 0.1) is 0 Å². The van der Waals surface area contributed by atoms with Crippen molar-refractivity contribution in [2.75, 3.05) is 18.9 Å². The summed E-state index contributed by atoms with van der Waals surface area (Å²) in [5.41, 5.74) is 0. The summed E-state index contributed by atoms with van der Waals surface area (Å²) >= 11 is 3.48. The second-order valence-electron chi connectivity index (χ2n) is 5.83. The maximum absolute atomic E-state index is 4.62. The first-order valence-corrected chi connectivity index (χ1v) is 7.93. The van der Waals surface area contributed by atoms with Gasteiger partial charge in [-0.2, -0.15) is 0 Å². The minimum atomic E-state index is 0.533. The second kappa shape index (κ2) is 5.37. The van der Waals surface area contributed by atoms with Crippen molar-refractivity contribution in [1.82, 2.24) is 14.9 Å². The van der Waals surface area contributed by atoms with E-state index in [1.165, 1.54) is 25.7 Å². The second-order valence-corrected chi connectivity index (χ2v) is 6.65. The molecule has 1 heterocycles. The molecular weight excluding hydrogens is 304 g/mol. The average Bonchev–Trinajstić information content (AvgIpc) is 3.27. The maximum Gasteiger partial charge on any atom is 0.135 e. The summed E-state index contributed by atoms with van der Waals surface area (Å²) in [6.45, 7) is 3.20. The van der Waals surface area contributed by atoms with E-state index in [1.807, 2.05) is 6.07 Å². The predicted octanol–water partition coefficient (Wildman–Crippen LogP) is 3.01. The Balaban J connectivity index is 1.59. The number of anilines is 1. The van der Waals surface area contributed by atoms with Gasteiger partial charge in [0.1, 0.15) is 16.2 Å². The zero-order valence-electron chi connectivity index (χ0n) is 11.6. The number of nitrogens with one attached hydrogen (secondary N) is 1. The molecule has 1 aromatic rings. The van der Waals surface area contributed by atoms with Crippen molar-refractivity contribution >= 4 is 21.7 Å². The third kappa shape index (κ3) is 3.45. The lowest BCUT2D eigenvalue weighted by atomic mass is 10.3. The molecule has 5 heteroatoms. The van der Waals surface area contributed by atoms with Gasteiger partial charge in [-0.05, 0) is 55.6 Å². The molecule has 1 atom stereocenters. The molecular formula is C14H21BrN4. The number of hydrogen-bond acceptors (Lipinski definition) is 4. The van der Waals surface area contributed by atoms with Gasteiger partial charge in [-0.15, -0.1) is 0 Å².